The second-order valence-corrected chi connectivity index (χ2v) is 4.42. The number of pyridine rings is 1. The normalized spacial score (nSPS) is 11.4. The van der Waals surface area contributed by atoms with Crippen LogP contribution < -0.4 is 0 Å². The molecule has 0 radical (unpaired) electrons. The number of aliphatic hydroxyl groups excluding tert-OH is 1. The van der Waals surface area contributed by atoms with Crippen molar-refractivity contribution in [3.63, 3.8) is 0 Å². The molecule has 0 aliphatic carbocycles. The largest absolute Gasteiger partial charge is 0.388 e. The molecule has 0 aliphatic rings. The summed E-state index contributed by atoms with van der Waals surface area (Å²) in [5.74, 6) is 0.554. The van der Waals surface area contributed by atoms with Crippen LogP contribution >= 0.6 is 15.9 Å². The zero-order valence-corrected chi connectivity index (χ0v) is 9.85. The van der Waals surface area contributed by atoms with E-state index in [1.807, 2.05) is 34.7 Å². The zero-order chi connectivity index (χ0) is 11.1. The van der Waals surface area contributed by atoms with Gasteiger partial charge in [0.15, 0.2) is 11.5 Å². The summed E-state index contributed by atoms with van der Waals surface area (Å²) in [7, 11) is 0. The monoisotopic (exact) mass is 277 g/mol. The molecule has 2 heterocycles. The molecule has 2 aromatic heterocycles. The molecule has 3 rings (SSSR count). The van der Waals surface area contributed by atoms with E-state index in [4.69, 9.17) is 0 Å². The highest BCUT2D eigenvalue weighted by Crippen LogP contribution is 2.21. The second-order valence-electron chi connectivity index (χ2n) is 3.50. The van der Waals surface area contributed by atoms with E-state index in [1.54, 1.807) is 0 Å². The van der Waals surface area contributed by atoms with Crippen molar-refractivity contribution in [2.45, 2.75) is 6.61 Å². The molecule has 0 saturated heterocycles. The van der Waals surface area contributed by atoms with Gasteiger partial charge >= 0.3 is 0 Å². The Morgan fingerprint density at radius 3 is 2.81 bits per heavy atom. The van der Waals surface area contributed by atoms with Gasteiger partial charge in [-0.15, -0.1) is 10.2 Å². The fraction of sp³-hybridized carbons (Fsp3) is 0.0909. The number of halogens is 1. The molecular weight excluding hydrogens is 270 g/mol. The van der Waals surface area contributed by atoms with Gasteiger partial charge in [-0.05, 0) is 29.7 Å². The van der Waals surface area contributed by atoms with Crippen molar-refractivity contribution >= 4 is 32.5 Å². The molecule has 0 atom stereocenters. The number of nitrogens with zero attached hydrogens (tertiary/aromatic N) is 3. The van der Waals surface area contributed by atoms with E-state index in [2.05, 4.69) is 26.1 Å². The van der Waals surface area contributed by atoms with Crippen LogP contribution in [0.4, 0.5) is 0 Å². The first kappa shape index (κ1) is 9.74. The van der Waals surface area contributed by atoms with Gasteiger partial charge in [-0.3, -0.25) is 4.40 Å². The molecule has 4 nitrogen and oxygen atoms in total. The molecule has 1 aromatic carbocycles. The maximum atomic E-state index is 9.22. The van der Waals surface area contributed by atoms with E-state index in [9.17, 15) is 5.11 Å². The molecule has 5 heteroatoms. The van der Waals surface area contributed by atoms with Crippen molar-refractivity contribution < 1.29 is 5.11 Å². The van der Waals surface area contributed by atoms with Crippen LogP contribution in [0.15, 0.2) is 34.8 Å². The lowest BCUT2D eigenvalue weighted by Crippen LogP contribution is -1.95. The molecule has 0 unspecified atom stereocenters. The van der Waals surface area contributed by atoms with Crippen molar-refractivity contribution in [3.05, 3.63) is 40.6 Å². The van der Waals surface area contributed by atoms with Gasteiger partial charge in [0.2, 0.25) is 0 Å². The van der Waals surface area contributed by atoms with Crippen LogP contribution in [-0.4, -0.2) is 19.7 Å². The number of hydrogen-bond acceptors (Lipinski definition) is 3. The van der Waals surface area contributed by atoms with Crippen molar-refractivity contribution in [3.8, 4) is 0 Å². The summed E-state index contributed by atoms with van der Waals surface area (Å²) in [6.45, 7) is -0.118. The van der Waals surface area contributed by atoms with E-state index >= 15 is 0 Å². The average molecular weight is 278 g/mol. The third-order valence-electron chi connectivity index (χ3n) is 2.54. The minimum Gasteiger partial charge on any atom is -0.388 e. The Labute approximate surface area is 99.7 Å². The Morgan fingerprint density at radius 2 is 2.00 bits per heavy atom. The van der Waals surface area contributed by atoms with Crippen molar-refractivity contribution in [1.29, 1.82) is 0 Å². The van der Waals surface area contributed by atoms with Crippen molar-refractivity contribution in [2.24, 2.45) is 0 Å². The predicted molar refractivity (Wildman–Crippen MR) is 64.1 cm³/mol. The molecule has 3 aromatic rings. The average Bonchev–Trinajstić information content (AvgIpc) is 2.72. The molecule has 0 bridgehead atoms. The highest BCUT2D eigenvalue weighted by atomic mass is 79.9. The fourth-order valence-corrected chi connectivity index (χ4v) is 2.17. The smallest absolute Gasteiger partial charge is 0.163 e. The maximum absolute atomic E-state index is 9.22. The zero-order valence-electron chi connectivity index (χ0n) is 8.26. The predicted octanol–water partition coefficient (Wildman–Crippen LogP) is 2.14. The van der Waals surface area contributed by atoms with E-state index in [0.717, 1.165) is 21.0 Å². The molecule has 1 N–H and O–H groups in total. The summed E-state index contributed by atoms with van der Waals surface area (Å²) < 4.78 is 2.85. The minimum atomic E-state index is -0.118. The van der Waals surface area contributed by atoms with Crippen LogP contribution in [0.5, 0.6) is 0 Å². The number of rotatable bonds is 1. The highest BCUT2D eigenvalue weighted by molar-refractivity contribution is 9.10. The van der Waals surface area contributed by atoms with Crippen LogP contribution in [0.1, 0.15) is 5.82 Å². The Bertz CT molecular complexity index is 677. The SMILES string of the molecule is OCc1nnc2ccc3ccc(Br)cc3n12. The van der Waals surface area contributed by atoms with Gasteiger partial charge < -0.3 is 5.11 Å². The Morgan fingerprint density at radius 1 is 1.19 bits per heavy atom. The summed E-state index contributed by atoms with van der Waals surface area (Å²) in [4.78, 5) is 0. The van der Waals surface area contributed by atoms with Crippen LogP contribution in [-0.2, 0) is 6.61 Å². The quantitative estimate of drug-likeness (QED) is 0.742. The lowest BCUT2D eigenvalue weighted by molar-refractivity contribution is 0.270. The van der Waals surface area contributed by atoms with E-state index in [1.165, 1.54) is 0 Å². The molecule has 80 valence electrons. The first-order chi connectivity index (χ1) is 7.79. The fourth-order valence-electron chi connectivity index (χ4n) is 1.82. The molecule has 0 amide bonds. The van der Waals surface area contributed by atoms with Gasteiger partial charge in [0.1, 0.15) is 6.61 Å². The van der Waals surface area contributed by atoms with Gasteiger partial charge in [-0.1, -0.05) is 22.0 Å². The van der Waals surface area contributed by atoms with Crippen LogP contribution in [0.3, 0.4) is 0 Å². The lowest BCUT2D eigenvalue weighted by Gasteiger charge is -2.03. The number of benzene rings is 1. The van der Waals surface area contributed by atoms with E-state index < -0.39 is 0 Å². The Kier molecular flexibility index (Phi) is 2.15. The third-order valence-corrected chi connectivity index (χ3v) is 3.04. The summed E-state index contributed by atoms with van der Waals surface area (Å²) in [6.07, 6.45) is 0. The molecule has 0 spiro atoms. The van der Waals surface area contributed by atoms with Crippen LogP contribution in [0.25, 0.3) is 16.6 Å². The van der Waals surface area contributed by atoms with Crippen molar-refractivity contribution in [1.82, 2.24) is 14.6 Å². The van der Waals surface area contributed by atoms with Gasteiger partial charge in [-0.25, -0.2) is 0 Å². The topological polar surface area (TPSA) is 50.4 Å². The first-order valence-electron chi connectivity index (χ1n) is 4.83. The molecule has 0 aliphatic heterocycles. The standard InChI is InChI=1S/C11H8BrN3O/c12-8-3-1-7-2-4-10-13-14-11(6-16)15(10)9(7)5-8/h1-5,16H,6H2. The van der Waals surface area contributed by atoms with Gasteiger partial charge in [0, 0.05) is 4.47 Å². The second kappa shape index (κ2) is 3.54. The van der Waals surface area contributed by atoms with Crippen LogP contribution in [0, 0.1) is 0 Å². The minimum absolute atomic E-state index is 0.118. The summed E-state index contributed by atoms with van der Waals surface area (Å²) >= 11 is 3.44. The van der Waals surface area contributed by atoms with Crippen LogP contribution in [0.2, 0.25) is 0 Å². The Hall–Kier alpha value is -1.46. The van der Waals surface area contributed by atoms with E-state index in [0.29, 0.717) is 5.82 Å². The summed E-state index contributed by atoms with van der Waals surface area (Å²) in [5, 5.41) is 18.3. The number of fused-ring (bicyclic) bond motifs is 3. The number of aliphatic hydroxyl groups is 1. The van der Waals surface area contributed by atoms with Gasteiger partial charge in [0.05, 0.1) is 5.52 Å². The molecule has 16 heavy (non-hydrogen) atoms. The van der Waals surface area contributed by atoms with Crippen molar-refractivity contribution in [2.75, 3.05) is 0 Å². The van der Waals surface area contributed by atoms with E-state index in [-0.39, 0.29) is 6.61 Å². The lowest BCUT2D eigenvalue weighted by atomic mass is 10.2. The molecule has 0 saturated carbocycles. The first-order valence-corrected chi connectivity index (χ1v) is 5.62. The van der Waals surface area contributed by atoms with Gasteiger partial charge in [0.25, 0.3) is 0 Å². The number of aromatic nitrogens is 3. The Balaban J connectivity index is 2.54. The molecular formula is C11H8BrN3O. The van der Waals surface area contributed by atoms with Gasteiger partial charge in [-0.2, -0.15) is 0 Å². The maximum Gasteiger partial charge on any atom is 0.163 e. The summed E-state index contributed by atoms with van der Waals surface area (Å²) in [6, 6.07) is 9.87. The summed E-state index contributed by atoms with van der Waals surface area (Å²) in [5.41, 5.74) is 1.73. The molecule has 0 fully saturated rings. The third kappa shape index (κ3) is 1.32. The highest BCUT2D eigenvalue weighted by Gasteiger charge is 2.07. The number of hydrogen-bond donors (Lipinski definition) is 1.